The Balaban J connectivity index is 2.13. The molecule has 7 atom stereocenters. The molecule has 0 spiro atoms. The molecular weight excluding hydrogens is 803 g/mol. The molecule has 9 nitrogen and oxygen atoms in total. The minimum Gasteiger partial charge on any atom is -0.394 e. The van der Waals surface area contributed by atoms with Crippen LogP contribution < -0.4 is 5.32 Å². The molecule has 1 aliphatic heterocycles. The van der Waals surface area contributed by atoms with Gasteiger partial charge in [0.05, 0.1) is 25.4 Å². The van der Waals surface area contributed by atoms with Crippen LogP contribution in [0.2, 0.25) is 0 Å². The molecule has 1 rings (SSSR count). The summed E-state index contributed by atoms with van der Waals surface area (Å²) in [5.74, 6) is -0.172. The molecule has 1 amide bonds. The van der Waals surface area contributed by atoms with Crippen LogP contribution in [-0.4, -0.2) is 87.5 Å². The van der Waals surface area contributed by atoms with Crippen molar-refractivity contribution in [1.82, 2.24) is 5.32 Å². The second-order valence-corrected chi connectivity index (χ2v) is 19.7. The maximum atomic E-state index is 13.0. The summed E-state index contributed by atoms with van der Waals surface area (Å²) < 4.78 is 11.2. The van der Waals surface area contributed by atoms with Crippen molar-refractivity contribution in [2.45, 2.75) is 320 Å². The molecule has 1 heterocycles. The smallest absolute Gasteiger partial charge is 0.220 e. The number of aliphatic hydroxyl groups excluding tert-OH is 5. The third-order valence-electron chi connectivity index (χ3n) is 13.6. The minimum absolute atomic E-state index is 0.172. The lowest BCUT2D eigenvalue weighted by atomic mass is 9.99. The lowest BCUT2D eigenvalue weighted by Crippen LogP contribution is -2.60. The number of nitrogens with one attached hydrogen (secondary N) is 1. The first kappa shape index (κ1) is 60.9. The molecule has 2 unspecified atom stereocenters. The van der Waals surface area contributed by atoms with E-state index < -0.39 is 49.5 Å². The van der Waals surface area contributed by atoms with Crippen LogP contribution in [0.15, 0.2) is 12.2 Å². The Labute approximate surface area is 395 Å². The molecule has 0 aromatic rings. The number of amides is 1. The van der Waals surface area contributed by atoms with E-state index in [1.54, 1.807) is 6.08 Å². The maximum Gasteiger partial charge on any atom is 0.220 e. The third-order valence-corrected chi connectivity index (χ3v) is 13.6. The van der Waals surface area contributed by atoms with E-state index in [4.69, 9.17) is 9.47 Å². The number of hydrogen-bond donors (Lipinski definition) is 6. The van der Waals surface area contributed by atoms with Crippen LogP contribution in [0.25, 0.3) is 0 Å². The van der Waals surface area contributed by atoms with Crippen molar-refractivity contribution < 1.29 is 39.8 Å². The number of allylic oxidation sites excluding steroid dienone is 1. The fourth-order valence-corrected chi connectivity index (χ4v) is 9.16. The molecule has 6 N–H and O–H groups in total. The normalized spacial score (nSPS) is 20.0. The standard InChI is InChI=1S/C55H107NO8/c1-3-5-7-9-11-13-15-17-18-19-20-21-22-23-24-25-26-27-28-29-30-31-32-33-35-37-39-41-43-45-51(59)56-48(47-63-55-54(62)53(61)52(60)50(46-57)64-55)49(58)44-42-40-38-36-34-16-14-12-10-8-6-4-2/h42,44,48-50,52-55,57-58,60-62H,3-41,43,45-47H2,1-2H3,(H,56,59)/b44-42+/t48-,49+,50+,52-,53?,54?,55+/m0/s1. The van der Waals surface area contributed by atoms with Crippen LogP contribution in [0.3, 0.4) is 0 Å². The monoisotopic (exact) mass is 910 g/mol. The zero-order chi connectivity index (χ0) is 46.6. The number of carbonyl (C=O) groups is 1. The van der Waals surface area contributed by atoms with Crippen LogP contribution in [0.1, 0.15) is 277 Å². The van der Waals surface area contributed by atoms with Crippen molar-refractivity contribution in [2.24, 2.45) is 0 Å². The third kappa shape index (κ3) is 35.1. The average molecular weight is 910 g/mol. The fraction of sp³-hybridized carbons (Fsp3) is 0.945. The summed E-state index contributed by atoms with van der Waals surface area (Å²) in [7, 11) is 0. The molecule has 1 fully saturated rings. The van der Waals surface area contributed by atoms with Crippen LogP contribution in [0.4, 0.5) is 0 Å². The van der Waals surface area contributed by atoms with E-state index in [1.165, 1.54) is 218 Å². The Kier molecular flexibility index (Phi) is 43.5. The molecule has 380 valence electrons. The molecule has 0 radical (unpaired) electrons. The number of aliphatic hydroxyl groups is 5. The Hall–Kier alpha value is -1.07. The fourth-order valence-electron chi connectivity index (χ4n) is 9.16. The van der Waals surface area contributed by atoms with Crippen molar-refractivity contribution in [2.75, 3.05) is 13.2 Å². The molecule has 0 aliphatic carbocycles. The predicted octanol–water partition coefficient (Wildman–Crippen LogP) is 13.2. The van der Waals surface area contributed by atoms with Crippen LogP contribution in [0, 0.1) is 0 Å². The van der Waals surface area contributed by atoms with Gasteiger partial charge in [0.25, 0.3) is 0 Å². The van der Waals surface area contributed by atoms with Gasteiger partial charge in [-0.15, -0.1) is 0 Å². The Morgan fingerprint density at radius 1 is 0.516 bits per heavy atom. The molecule has 9 heteroatoms. The highest BCUT2D eigenvalue weighted by molar-refractivity contribution is 5.76. The summed E-state index contributed by atoms with van der Waals surface area (Å²) in [6, 6.07) is -0.799. The highest BCUT2D eigenvalue weighted by Gasteiger charge is 2.44. The predicted molar refractivity (Wildman–Crippen MR) is 267 cm³/mol. The van der Waals surface area contributed by atoms with Gasteiger partial charge in [0.15, 0.2) is 6.29 Å². The van der Waals surface area contributed by atoms with Gasteiger partial charge >= 0.3 is 0 Å². The highest BCUT2D eigenvalue weighted by atomic mass is 16.7. The first-order valence-electron chi connectivity index (χ1n) is 27.9. The van der Waals surface area contributed by atoms with E-state index in [0.29, 0.717) is 6.42 Å². The van der Waals surface area contributed by atoms with E-state index in [0.717, 1.165) is 38.5 Å². The van der Waals surface area contributed by atoms with Gasteiger partial charge in [0.2, 0.25) is 5.91 Å². The molecule has 1 aliphatic rings. The van der Waals surface area contributed by atoms with Crippen molar-refractivity contribution in [3.05, 3.63) is 12.2 Å². The number of carbonyl (C=O) groups excluding carboxylic acids is 1. The van der Waals surface area contributed by atoms with Crippen LogP contribution >= 0.6 is 0 Å². The summed E-state index contributed by atoms with van der Waals surface area (Å²) >= 11 is 0. The SMILES string of the molecule is CCCCCCCCCCCC/C=C/[C@@H](O)[C@H](CO[C@@H]1O[C@H](CO)[C@H](O)C(O)C1O)NC(=O)CCCCCCCCCCCCCCCCCCCCCCCCCCCCCCC. The first-order valence-corrected chi connectivity index (χ1v) is 27.9. The minimum atomic E-state index is -1.56. The van der Waals surface area contributed by atoms with Crippen LogP contribution in [0.5, 0.6) is 0 Å². The van der Waals surface area contributed by atoms with Gasteiger partial charge in [-0.3, -0.25) is 4.79 Å². The first-order chi connectivity index (χ1) is 31.3. The van der Waals surface area contributed by atoms with E-state index in [1.807, 2.05) is 6.08 Å². The summed E-state index contributed by atoms with van der Waals surface area (Å²) in [6.07, 6.45) is 48.6. The zero-order valence-electron chi connectivity index (χ0n) is 42.1. The molecule has 0 aromatic carbocycles. The van der Waals surface area contributed by atoms with Gasteiger partial charge in [0, 0.05) is 6.42 Å². The lowest BCUT2D eigenvalue weighted by Gasteiger charge is -2.40. The molecular formula is C55H107NO8. The van der Waals surface area contributed by atoms with Gasteiger partial charge in [0.1, 0.15) is 24.4 Å². The number of unbranched alkanes of at least 4 members (excludes halogenated alkanes) is 38. The lowest BCUT2D eigenvalue weighted by molar-refractivity contribution is -0.302. The average Bonchev–Trinajstić information content (AvgIpc) is 3.29. The molecule has 64 heavy (non-hydrogen) atoms. The summed E-state index contributed by atoms with van der Waals surface area (Å²) in [6.45, 7) is 3.79. The van der Waals surface area contributed by atoms with Gasteiger partial charge in [-0.1, -0.05) is 264 Å². The zero-order valence-corrected chi connectivity index (χ0v) is 42.1. The second-order valence-electron chi connectivity index (χ2n) is 19.7. The van der Waals surface area contributed by atoms with Gasteiger partial charge in [-0.2, -0.15) is 0 Å². The van der Waals surface area contributed by atoms with E-state index >= 15 is 0 Å². The summed E-state index contributed by atoms with van der Waals surface area (Å²) in [5.41, 5.74) is 0. The Morgan fingerprint density at radius 3 is 1.22 bits per heavy atom. The Bertz CT molecular complexity index is 1010. The van der Waals surface area contributed by atoms with E-state index in [9.17, 15) is 30.3 Å². The van der Waals surface area contributed by atoms with Gasteiger partial charge < -0.3 is 40.3 Å². The Morgan fingerprint density at radius 2 is 0.859 bits per heavy atom. The molecule has 0 bridgehead atoms. The van der Waals surface area contributed by atoms with Crippen LogP contribution in [-0.2, 0) is 14.3 Å². The van der Waals surface area contributed by atoms with Crippen molar-refractivity contribution in [3.8, 4) is 0 Å². The molecule has 0 aromatic heterocycles. The van der Waals surface area contributed by atoms with E-state index in [-0.39, 0.29) is 12.5 Å². The number of rotatable bonds is 48. The van der Waals surface area contributed by atoms with Crippen molar-refractivity contribution in [3.63, 3.8) is 0 Å². The second kappa shape index (κ2) is 45.7. The largest absolute Gasteiger partial charge is 0.394 e. The number of hydrogen-bond acceptors (Lipinski definition) is 8. The van der Waals surface area contributed by atoms with E-state index in [2.05, 4.69) is 19.2 Å². The summed E-state index contributed by atoms with van der Waals surface area (Å²) in [5, 5.41) is 54.3. The highest BCUT2D eigenvalue weighted by Crippen LogP contribution is 2.23. The van der Waals surface area contributed by atoms with Crippen molar-refractivity contribution in [1.29, 1.82) is 0 Å². The summed E-state index contributed by atoms with van der Waals surface area (Å²) in [4.78, 5) is 13.0. The molecule has 0 saturated carbocycles. The van der Waals surface area contributed by atoms with Gasteiger partial charge in [-0.25, -0.2) is 0 Å². The van der Waals surface area contributed by atoms with Gasteiger partial charge in [-0.05, 0) is 19.3 Å². The number of ether oxygens (including phenoxy) is 2. The quantitative estimate of drug-likeness (QED) is 0.0261. The topological polar surface area (TPSA) is 149 Å². The van der Waals surface area contributed by atoms with Crippen molar-refractivity contribution >= 4 is 5.91 Å². The maximum absolute atomic E-state index is 13.0. The molecule has 1 saturated heterocycles.